The molecule has 0 unspecified atom stereocenters. The minimum atomic E-state index is -0.964. The average molecular weight is 395 g/mol. The lowest BCUT2D eigenvalue weighted by Gasteiger charge is -2.29. The lowest BCUT2D eigenvalue weighted by atomic mass is 9.82. The Morgan fingerprint density at radius 3 is 2.14 bits per heavy atom. The van der Waals surface area contributed by atoms with Crippen molar-refractivity contribution in [1.82, 2.24) is 0 Å². The predicted octanol–water partition coefficient (Wildman–Crippen LogP) is 5.18. The second-order valence-electron chi connectivity index (χ2n) is 8.10. The Hall–Kier alpha value is -2.59. The fourth-order valence-electron chi connectivity index (χ4n) is 4.38. The molecule has 0 spiro atoms. The van der Waals surface area contributed by atoms with Crippen molar-refractivity contribution in [3.05, 3.63) is 76.0 Å². The van der Waals surface area contributed by atoms with E-state index in [2.05, 4.69) is 0 Å². The molecule has 2 aromatic rings. The first kappa shape index (κ1) is 21.1. The molecule has 4 nitrogen and oxygen atoms in total. The number of hydrogen-bond acceptors (Lipinski definition) is 3. The number of aliphatic carboxylic acids is 1. The molecule has 1 aliphatic rings. The van der Waals surface area contributed by atoms with Crippen molar-refractivity contribution < 1.29 is 19.7 Å². The maximum Gasteiger partial charge on any atom is 0.339 e. The van der Waals surface area contributed by atoms with Crippen molar-refractivity contribution in [1.29, 1.82) is 0 Å². The van der Waals surface area contributed by atoms with Gasteiger partial charge in [0.15, 0.2) is 0 Å². The number of carbonyl (C=O) groups is 1. The molecule has 0 bridgehead atoms. The zero-order valence-corrected chi connectivity index (χ0v) is 17.4. The molecule has 4 heteroatoms. The number of rotatable bonds is 6. The summed E-state index contributed by atoms with van der Waals surface area (Å²) in [6.07, 6.45) is 2.49. The molecule has 0 radical (unpaired) electrons. The number of carboxylic acids is 1. The molecule has 1 aliphatic carbocycles. The van der Waals surface area contributed by atoms with Crippen LogP contribution >= 0.6 is 0 Å². The molecule has 0 saturated heterocycles. The highest BCUT2D eigenvalue weighted by molar-refractivity contribution is 6.17. The van der Waals surface area contributed by atoms with Gasteiger partial charge in [-0.2, -0.15) is 0 Å². The normalized spacial score (nSPS) is 20.1. The van der Waals surface area contributed by atoms with E-state index in [9.17, 15) is 15.0 Å². The molecule has 0 heterocycles. The van der Waals surface area contributed by atoms with Crippen LogP contribution in [0.3, 0.4) is 0 Å². The third-order valence-electron chi connectivity index (χ3n) is 5.69. The first-order valence-electron chi connectivity index (χ1n) is 10.3. The van der Waals surface area contributed by atoms with E-state index >= 15 is 0 Å². The summed E-state index contributed by atoms with van der Waals surface area (Å²) in [6, 6.07) is 13.8. The fourth-order valence-corrected chi connectivity index (χ4v) is 4.38. The molecule has 0 atom stereocenters. The van der Waals surface area contributed by atoms with E-state index in [1.54, 1.807) is 0 Å². The molecule has 2 aromatic carbocycles. The van der Waals surface area contributed by atoms with Crippen molar-refractivity contribution in [3.8, 4) is 0 Å². The van der Waals surface area contributed by atoms with Crippen LogP contribution in [0.25, 0.3) is 5.57 Å². The zero-order chi connectivity index (χ0) is 21.0. The van der Waals surface area contributed by atoms with Crippen molar-refractivity contribution in [2.24, 2.45) is 5.92 Å². The molecule has 29 heavy (non-hydrogen) atoms. The van der Waals surface area contributed by atoms with Crippen molar-refractivity contribution in [2.75, 3.05) is 0 Å². The van der Waals surface area contributed by atoms with E-state index in [0.717, 1.165) is 40.7 Å². The Morgan fingerprint density at radius 1 is 1.00 bits per heavy atom. The fraction of sp³-hybridized carbons (Fsp3) is 0.400. The zero-order valence-electron chi connectivity index (χ0n) is 17.4. The maximum absolute atomic E-state index is 12.5. The van der Waals surface area contributed by atoms with Gasteiger partial charge < -0.3 is 14.9 Å². The van der Waals surface area contributed by atoms with E-state index < -0.39 is 5.97 Å². The third kappa shape index (κ3) is 5.07. The number of benzene rings is 2. The Balaban J connectivity index is 2.08. The summed E-state index contributed by atoms with van der Waals surface area (Å²) in [7, 11) is 0. The van der Waals surface area contributed by atoms with Crippen molar-refractivity contribution in [3.63, 3.8) is 0 Å². The summed E-state index contributed by atoms with van der Waals surface area (Å²) >= 11 is 0. The molecule has 1 saturated carbocycles. The SMILES string of the molecule is Cc1cc(C)c(/C(C(=O)O)=C(\OCc2ccccc2)C2CCC(O)CC2)c(C)c1. The van der Waals surface area contributed by atoms with E-state index in [-0.39, 0.29) is 17.6 Å². The number of aliphatic hydroxyl groups excluding tert-OH is 1. The summed E-state index contributed by atoms with van der Waals surface area (Å²) in [5, 5.41) is 20.1. The van der Waals surface area contributed by atoms with Crippen LogP contribution in [-0.2, 0) is 16.1 Å². The van der Waals surface area contributed by atoms with Gasteiger partial charge in [0.05, 0.1) is 6.10 Å². The standard InChI is InChI=1S/C25H30O4/c1-16-13-17(2)22(18(3)14-16)23(25(27)28)24(20-9-11-21(26)12-10-20)29-15-19-7-5-4-6-8-19/h4-8,13-14,20-21,26H,9-12,15H2,1-3H3,(H,27,28)/b24-23+. The van der Waals surface area contributed by atoms with Crippen LogP contribution in [-0.4, -0.2) is 22.3 Å². The second-order valence-corrected chi connectivity index (χ2v) is 8.10. The van der Waals surface area contributed by atoms with Crippen LogP contribution in [0.1, 0.15) is 53.5 Å². The molecule has 0 aromatic heterocycles. The molecule has 0 amide bonds. The highest BCUT2D eigenvalue weighted by atomic mass is 16.5. The van der Waals surface area contributed by atoms with Gasteiger partial charge in [-0.1, -0.05) is 48.0 Å². The predicted molar refractivity (Wildman–Crippen MR) is 114 cm³/mol. The number of hydrogen-bond donors (Lipinski definition) is 2. The second kappa shape index (κ2) is 9.27. The van der Waals surface area contributed by atoms with Crippen molar-refractivity contribution >= 4 is 11.5 Å². The number of allylic oxidation sites excluding steroid dienone is 1. The third-order valence-corrected chi connectivity index (χ3v) is 5.69. The quantitative estimate of drug-likeness (QED) is 0.524. The minimum absolute atomic E-state index is 0.00619. The topological polar surface area (TPSA) is 66.8 Å². The Morgan fingerprint density at radius 2 is 1.59 bits per heavy atom. The van der Waals surface area contributed by atoms with Gasteiger partial charge in [-0.25, -0.2) is 4.79 Å². The lowest BCUT2D eigenvalue weighted by molar-refractivity contribution is -0.130. The van der Waals surface area contributed by atoms with Gasteiger partial charge >= 0.3 is 5.97 Å². The molecular weight excluding hydrogens is 364 g/mol. The minimum Gasteiger partial charge on any atom is -0.492 e. The van der Waals surface area contributed by atoms with Gasteiger partial charge in [0.1, 0.15) is 17.9 Å². The van der Waals surface area contributed by atoms with Crippen LogP contribution in [0.5, 0.6) is 0 Å². The van der Waals surface area contributed by atoms with Gasteiger partial charge in [0, 0.05) is 5.92 Å². The summed E-state index contributed by atoms with van der Waals surface area (Å²) in [5.74, 6) is -0.425. The molecule has 2 N–H and O–H groups in total. The first-order chi connectivity index (χ1) is 13.9. The number of aryl methyl sites for hydroxylation is 3. The van der Waals surface area contributed by atoms with E-state index in [1.807, 2.05) is 63.2 Å². The van der Waals surface area contributed by atoms with E-state index in [4.69, 9.17) is 4.74 Å². The van der Waals surface area contributed by atoms with Crippen LogP contribution in [0.15, 0.2) is 48.2 Å². The summed E-state index contributed by atoms with van der Waals surface area (Å²) < 4.78 is 6.24. The number of carboxylic acid groups (broad SMARTS) is 1. The average Bonchev–Trinajstić information content (AvgIpc) is 2.67. The van der Waals surface area contributed by atoms with Gasteiger partial charge in [-0.05, 0) is 68.7 Å². The van der Waals surface area contributed by atoms with E-state index in [1.165, 1.54) is 0 Å². The molecular formula is C25H30O4. The maximum atomic E-state index is 12.5. The van der Waals surface area contributed by atoms with Crippen LogP contribution in [0.2, 0.25) is 0 Å². The van der Waals surface area contributed by atoms with Gasteiger partial charge in [-0.15, -0.1) is 0 Å². The van der Waals surface area contributed by atoms with Gasteiger partial charge in [0.25, 0.3) is 0 Å². The Labute approximate surface area is 172 Å². The monoisotopic (exact) mass is 394 g/mol. The summed E-state index contributed by atoms with van der Waals surface area (Å²) in [5.41, 5.74) is 5.01. The van der Waals surface area contributed by atoms with Gasteiger partial charge in [-0.3, -0.25) is 0 Å². The van der Waals surface area contributed by atoms with E-state index in [0.29, 0.717) is 25.2 Å². The molecule has 0 aliphatic heterocycles. The Kier molecular flexibility index (Phi) is 6.75. The molecule has 3 rings (SSSR count). The Bertz CT molecular complexity index is 867. The number of aliphatic hydroxyl groups is 1. The molecule has 154 valence electrons. The summed E-state index contributed by atoms with van der Waals surface area (Å²) in [6.45, 7) is 6.26. The smallest absolute Gasteiger partial charge is 0.339 e. The molecule has 1 fully saturated rings. The summed E-state index contributed by atoms with van der Waals surface area (Å²) in [4.78, 5) is 12.5. The number of ether oxygens (including phenoxy) is 1. The van der Waals surface area contributed by atoms with Crippen LogP contribution in [0, 0.1) is 26.7 Å². The highest BCUT2D eigenvalue weighted by Gasteiger charge is 2.30. The largest absolute Gasteiger partial charge is 0.492 e. The van der Waals surface area contributed by atoms with Crippen molar-refractivity contribution in [2.45, 2.75) is 59.2 Å². The first-order valence-corrected chi connectivity index (χ1v) is 10.3. The lowest BCUT2D eigenvalue weighted by Crippen LogP contribution is -2.23. The highest BCUT2D eigenvalue weighted by Crippen LogP contribution is 2.37. The van der Waals surface area contributed by atoms with Crippen LogP contribution in [0.4, 0.5) is 0 Å². The van der Waals surface area contributed by atoms with Crippen LogP contribution < -0.4 is 0 Å². The van der Waals surface area contributed by atoms with Gasteiger partial charge in [0.2, 0.25) is 0 Å².